The number of aromatic nitrogens is 5. The molecule has 0 amide bonds. The van der Waals surface area contributed by atoms with E-state index >= 15 is 0 Å². The summed E-state index contributed by atoms with van der Waals surface area (Å²) in [6.07, 6.45) is 6.73. The molecule has 0 aliphatic rings. The van der Waals surface area contributed by atoms with Crippen molar-refractivity contribution >= 4 is 5.97 Å². The number of hydrogen-bond donors (Lipinski definition) is 1. The van der Waals surface area contributed by atoms with Crippen molar-refractivity contribution in [2.45, 2.75) is 0 Å². The summed E-state index contributed by atoms with van der Waals surface area (Å²) >= 11 is 0. The van der Waals surface area contributed by atoms with E-state index in [2.05, 4.69) is 15.2 Å². The molecule has 0 fully saturated rings. The fraction of sp³-hybridized carbons (Fsp3) is 0.0769. The highest BCUT2D eigenvalue weighted by atomic mass is 16.4. The average Bonchev–Trinajstić information content (AvgIpc) is 3.05. The molecule has 0 aliphatic carbocycles. The maximum Gasteiger partial charge on any atom is 0.356 e. The summed E-state index contributed by atoms with van der Waals surface area (Å²) in [5, 5.41) is 17.3. The molecule has 7 nitrogen and oxygen atoms in total. The molecule has 3 heterocycles. The quantitative estimate of drug-likeness (QED) is 0.776. The first-order valence-electron chi connectivity index (χ1n) is 5.88. The monoisotopic (exact) mass is 269 g/mol. The number of hydrogen-bond acceptors (Lipinski definition) is 4. The smallest absolute Gasteiger partial charge is 0.356 e. The number of carboxylic acid groups (broad SMARTS) is 1. The van der Waals surface area contributed by atoms with E-state index in [0.717, 1.165) is 5.56 Å². The maximum atomic E-state index is 11.1. The van der Waals surface area contributed by atoms with Crippen LogP contribution in [-0.2, 0) is 7.05 Å². The van der Waals surface area contributed by atoms with Gasteiger partial charge in [-0.15, -0.1) is 0 Å². The molecule has 1 N–H and O–H groups in total. The normalized spacial score (nSPS) is 10.7. The van der Waals surface area contributed by atoms with Gasteiger partial charge in [-0.3, -0.25) is 9.67 Å². The predicted octanol–water partition coefficient (Wildman–Crippen LogP) is 1.37. The molecule has 0 bridgehead atoms. The third kappa shape index (κ3) is 2.05. The number of aryl methyl sites for hydroxylation is 1. The van der Waals surface area contributed by atoms with Gasteiger partial charge >= 0.3 is 5.97 Å². The van der Waals surface area contributed by atoms with Gasteiger partial charge in [0.15, 0.2) is 5.69 Å². The molecular weight excluding hydrogens is 258 g/mol. The minimum absolute atomic E-state index is 0.0206. The van der Waals surface area contributed by atoms with Crippen LogP contribution >= 0.6 is 0 Å². The molecular formula is C13H11N5O2. The van der Waals surface area contributed by atoms with Gasteiger partial charge in [0.05, 0.1) is 23.8 Å². The number of rotatable bonds is 3. The summed E-state index contributed by atoms with van der Waals surface area (Å²) in [6, 6.07) is 5.10. The Hall–Kier alpha value is -2.96. The van der Waals surface area contributed by atoms with E-state index in [1.807, 2.05) is 6.07 Å². The summed E-state index contributed by atoms with van der Waals surface area (Å²) in [7, 11) is 1.80. The van der Waals surface area contributed by atoms with Crippen molar-refractivity contribution in [2.24, 2.45) is 7.05 Å². The second-order valence-electron chi connectivity index (χ2n) is 4.25. The van der Waals surface area contributed by atoms with Gasteiger partial charge in [-0.2, -0.15) is 10.2 Å². The summed E-state index contributed by atoms with van der Waals surface area (Å²) in [4.78, 5) is 15.1. The van der Waals surface area contributed by atoms with Gasteiger partial charge in [0.2, 0.25) is 0 Å². The third-order valence-electron chi connectivity index (χ3n) is 2.82. The Morgan fingerprint density at radius 2 is 2.20 bits per heavy atom. The minimum Gasteiger partial charge on any atom is -0.476 e. The second kappa shape index (κ2) is 4.61. The van der Waals surface area contributed by atoms with Crippen molar-refractivity contribution in [1.82, 2.24) is 24.5 Å². The van der Waals surface area contributed by atoms with Crippen LogP contribution in [0, 0.1) is 0 Å². The Balaban J connectivity index is 2.20. The van der Waals surface area contributed by atoms with Crippen LogP contribution in [0.5, 0.6) is 0 Å². The van der Waals surface area contributed by atoms with Crippen LogP contribution in [0.3, 0.4) is 0 Å². The van der Waals surface area contributed by atoms with Crippen LogP contribution in [0.2, 0.25) is 0 Å². The van der Waals surface area contributed by atoms with E-state index in [1.54, 1.807) is 47.3 Å². The Kier molecular flexibility index (Phi) is 2.79. The first kappa shape index (κ1) is 12.1. The molecule has 3 aromatic rings. The van der Waals surface area contributed by atoms with Crippen molar-refractivity contribution in [1.29, 1.82) is 0 Å². The molecule has 0 spiro atoms. The molecule has 0 saturated carbocycles. The van der Waals surface area contributed by atoms with Gasteiger partial charge in [-0.1, -0.05) is 0 Å². The fourth-order valence-electron chi connectivity index (χ4n) is 1.92. The summed E-state index contributed by atoms with van der Waals surface area (Å²) in [5.74, 6) is -1.07. The van der Waals surface area contributed by atoms with Gasteiger partial charge in [-0.05, 0) is 18.2 Å². The van der Waals surface area contributed by atoms with Crippen LogP contribution in [0.15, 0.2) is 43.0 Å². The third-order valence-corrected chi connectivity index (χ3v) is 2.82. The number of carbonyl (C=O) groups is 1. The molecule has 0 aromatic carbocycles. The van der Waals surface area contributed by atoms with E-state index in [9.17, 15) is 4.79 Å². The molecule has 0 saturated heterocycles. The summed E-state index contributed by atoms with van der Waals surface area (Å²) in [5.41, 5.74) is 2.12. The first-order chi connectivity index (χ1) is 9.65. The molecule has 7 heteroatoms. The van der Waals surface area contributed by atoms with Crippen LogP contribution in [0.4, 0.5) is 0 Å². The highest BCUT2D eigenvalue weighted by molar-refractivity contribution is 5.87. The van der Waals surface area contributed by atoms with Crippen molar-refractivity contribution in [2.75, 3.05) is 0 Å². The molecule has 3 aromatic heterocycles. The zero-order valence-electron chi connectivity index (χ0n) is 10.6. The Morgan fingerprint density at radius 3 is 2.80 bits per heavy atom. The lowest BCUT2D eigenvalue weighted by atomic mass is 10.2. The van der Waals surface area contributed by atoms with Crippen molar-refractivity contribution in [3.8, 4) is 16.9 Å². The lowest BCUT2D eigenvalue weighted by Crippen LogP contribution is -2.02. The number of carboxylic acids is 1. The van der Waals surface area contributed by atoms with E-state index in [1.165, 1.54) is 6.07 Å². The zero-order valence-corrected chi connectivity index (χ0v) is 10.6. The van der Waals surface area contributed by atoms with Crippen LogP contribution in [-0.4, -0.2) is 35.6 Å². The molecule has 100 valence electrons. The van der Waals surface area contributed by atoms with Gasteiger partial charge in [-0.25, -0.2) is 9.48 Å². The van der Waals surface area contributed by atoms with Crippen LogP contribution in [0.1, 0.15) is 10.5 Å². The topological polar surface area (TPSA) is 85.8 Å². The average molecular weight is 269 g/mol. The molecule has 3 rings (SSSR count). The van der Waals surface area contributed by atoms with Crippen molar-refractivity contribution in [3.63, 3.8) is 0 Å². The number of aromatic carboxylic acids is 1. The van der Waals surface area contributed by atoms with Gasteiger partial charge in [0.25, 0.3) is 0 Å². The second-order valence-corrected chi connectivity index (χ2v) is 4.25. The summed E-state index contributed by atoms with van der Waals surface area (Å²) < 4.78 is 3.20. The molecule has 0 unspecified atom stereocenters. The number of nitrogens with zero attached hydrogens (tertiary/aromatic N) is 5. The molecule has 0 radical (unpaired) electrons. The molecule has 0 atom stereocenters. The van der Waals surface area contributed by atoms with E-state index in [4.69, 9.17) is 5.11 Å². The minimum atomic E-state index is -1.07. The highest BCUT2D eigenvalue weighted by Gasteiger charge is 2.16. The lowest BCUT2D eigenvalue weighted by molar-refractivity contribution is 0.0690. The van der Waals surface area contributed by atoms with Crippen LogP contribution < -0.4 is 0 Å². The van der Waals surface area contributed by atoms with E-state index < -0.39 is 5.97 Å². The SMILES string of the molecule is Cn1cc(-c2cc(C(=O)O)nn2-c2cccnc2)cn1. The lowest BCUT2D eigenvalue weighted by Gasteiger charge is -2.04. The zero-order chi connectivity index (χ0) is 14.1. The summed E-state index contributed by atoms with van der Waals surface area (Å²) in [6.45, 7) is 0. The standard InChI is InChI=1S/C13H11N5O2/c1-17-8-9(6-15-17)12-5-11(13(19)20)16-18(12)10-3-2-4-14-7-10/h2-8H,1H3,(H,19,20). The first-order valence-corrected chi connectivity index (χ1v) is 5.88. The number of pyridine rings is 1. The largest absolute Gasteiger partial charge is 0.476 e. The molecule has 0 aliphatic heterocycles. The van der Waals surface area contributed by atoms with E-state index in [0.29, 0.717) is 11.4 Å². The Morgan fingerprint density at radius 1 is 1.35 bits per heavy atom. The Labute approximate surface area is 114 Å². The fourth-order valence-corrected chi connectivity index (χ4v) is 1.92. The van der Waals surface area contributed by atoms with Crippen molar-refractivity contribution in [3.05, 3.63) is 48.7 Å². The van der Waals surface area contributed by atoms with Gasteiger partial charge < -0.3 is 5.11 Å². The highest BCUT2D eigenvalue weighted by Crippen LogP contribution is 2.23. The van der Waals surface area contributed by atoms with Gasteiger partial charge in [0.1, 0.15) is 0 Å². The van der Waals surface area contributed by atoms with E-state index in [-0.39, 0.29) is 5.69 Å². The molecule has 20 heavy (non-hydrogen) atoms. The van der Waals surface area contributed by atoms with Crippen LogP contribution in [0.25, 0.3) is 16.9 Å². The van der Waals surface area contributed by atoms with Crippen molar-refractivity contribution < 1.29 is 9.90 Å². The van der Waals surface area contributed by atoms with Gasteiger partial charge in [0, 0.05) is 25.0 Å². The predicted molar refractivity (Wildman–Crippen MR) is 70.5 cm³/mol. The maximum absolute atomic E-state index is 11.1. The Bertz CT molecular complexity index is 760.